The van der Waals surface area contributed by atoms with Crippen LogP contribution in [-0.2, 0) is 0 Å². The normalized spacial score (nSPS) is 18.5. The molecular formula is C25H26F3N3O3. The molecule has 1 aliphatic rings. The maximum atomic E-state index is 13.8. The highest BCUT2D eigenvalue weighted by atomic mass is 19.4. The van der Waals surface area contributed by atoms with E-state index in [1.54, 1.807) is 55.6 Å². The van der Waals surface area contributed by atoms with Gasteiger partial charge in [-0.3, -0.25) is 4.79 Å². The molecule has 2 heterocycles. The molecule has 3 atom stereocenters. The molecule has 0 saturated heterocycles. The van der Waals surface area contributed by atoms with Crippen molar-refractivity contribution in [3.63, 3.8) is 0 Å². The van der Waals surface area contributed by atoms with Gasteiger partial charge in [-0.2, -0.15) is 18.3 Å². The van der Waals surface area contributed by atoms with E-state index < -0.39 is 18.3 Å². The Kier molecular flexibility index (Phi) is 6.81. The highest BCUT2D eigenvalue weighted by molar-refractivity contribution is 6.00. The predicted molar refractivity (Wildman–Crippen MR) is 121 cm³/mol. The van der Waals surface area contributed by atoms with E-state index >= 15 is 0 Å². The van der Waals surface area contributed by atoms with E-state index in [4.69, 9.17) is 9.47 Å². The average Bonchev–Trinajstić information content (AvgIpc) is 3.26. The van der Waals surface area contributed by atoms with Crippen molar-refractivity contribution in [2.75, 3.05) is 12.4 Å². The lowest BCUT2D eigenvalue weighted by Gasteiger charge is -2.34. The molecule has 0 bridgehead atoms. The largest absolute Gasteiger partial charge is 0.497 e. The van der Waals surface area contributed by atoms with Gasteiger partial charge in [0.25, 0.3) is 0 Å². The summed E-state index contributed by atoms with van der Waals surface area (Å²) >= 11 is 0. The molecule has 0 aliphatic carbocycles. The van der Waals surface area contributed by atoms with Crippen LogP contribution in [0.25, 0.3) is 0 Å². The van der Waals surface area contributed by atoms with Gasteiger partial charge in [-0.15, -0.1) is 0 Å². The second kappa shape index (κ2) is 9.79. The molecule has 0 saturated carbocycles. The number of benzene rings is 2. The first-order chi connectivity index (χ1) is 16.3. The number of methoxy groups -OCH3 is 1. The number of fused-ring (bicyclic) bond motifs is 1. The number of hydrogen-bond acceptors (Lipinski definition) is 5. The molecule has 180 valence electrons. The van der Waals surface area contributed by atoms with Gasteiger partial charge in [0.15, 0.2) is 11.8 Å². The third-order valence-electron chi connectivity index (χ3n) is 5.92. The average molecular weight is 473 g/mol. The zero-order chi connectivity index (χ0) is 24.3. The molecule has 1 N–H and O–H groups in total. The van der Waals surface area contributed by atoms with Crippen molar-refractivity contribution < 1.29 is 27.4 Å². The summed E-state index contributed by atoms with van der Waals surface area (Å²) in [6, 6.07) is 13.6. The van der Waals surface area contributed by atoms with Crippen LogP contribution in [0.3, 0.4) is 0 Å². The van der Waals surface area contributed by atoms with Crippen molar-refractivity contribution in [3.8, 4) is 11.5 Å². The van der Waals surface area contributed by atoms with Gasteiger partial charge in [-0.1, -0.05) is 30.3 Å². The Morgan fingerprint density at radius 1 is 1.15 bits per heavy atom. The predicted octanol–water partition coefficient (Wildman–Crippen LogP) is 5.98. The van der Waals surface area contributed by atoms with Crippen LogP contribution in [0, 0.1) is 0 Å². The van der Waals surface area contributed by atoms with Crippen LogP contribution in [0.1, 0.15) is 54.2 Å². The van der Waals surface area contributed by atoms with Gasteiger partial charge >= 0.3 is 6.18 Å². The van der Waals surface area contributed by atoms with Crippen molar-refractivity contribution in [1.29, 1.82) is 0 Å². The van der Waals surface area contributed by atoms with Gasteiger partial charge in [0.2, 0.25) is 0 Å². The van der Waals surface area contributed by atoms with E-state index in [0.717, 1.165) is 10.2 Å². The Bertz CT molecular complexity index is 1110. The molecule has 0 fully saturated rings. The van der Waals surface area contributed by atoms with Crippen LogP contribution in [-0.4, -0.2) is 35.0 Å². The van der Waals surface area contributed by atoms with Crippen molar-refractivity contribution >= 4 is 11.6 Å². The summed E-state index contributed by atoms with van der Waals surface area (Å²) in [7, 11) is 1.58. The molecular weight excluding hydrogens is 447 g/mol. The van der Waals surface area contributed by atoms with Crippen molar-refractivity contribution in [2.24, 2.45) is 0 Å². The van der Waals surface area contributed by atoms with Crippen LogP contribution in [0.5, 0.6) is 11.5 Å². The van der Waals surface area contributed by atoms with E-state index in [0.29, 0.717) is 17.9 Å². The summed E-state index contributed by atoms with van der Waals surface area (Å²) in [4.78, 5) is 13.0. The lowest BCUT2D eigenvalue weighted by atomic mass is 9.96. The molecule has 0 spiro atoms. The van der Waals surface area contributed by atoms with Gasteiger partial charge in [-0.05, 0) is 43.2 Å². The maximum Gasteiger partial charge on any atom is 0.410 e. The quantitative estimate of drug-likeness (QED) is 0.408. The zero-order valence-corrected chi connectivity index (χ0v) is 18.9. The number of ketones is 1. The minimum atomic E-state index is -4.49. The molecule has 3 aromatic rings. The molecule has 2 aromatic carbocycles. The lowest BCUT2D eigenvalue weighted by molar-refractivity contribution is -0.173. The van der Waals surface area contributed by atoms with E-state index in [1.165, 1.54) is 6.20 Å². The Morgan fingerprint density at radius 3 is 2.47 bits per heavy atom. The third-order valence-corrected chi connectivity index (χ3v) is 5.92. The minimum absolute atomic E-state index is 0.108. The van der Waals surface area contributed by atoms with Crippen molar-refractivity contribution in [2.45, 2.75) is 50.6 Å². The lowest BCUT2D eigenvalue weighted by Crippen LogP contribution is -2.36. The molecule has 0 radical (unpaired) electrons. The Labute approximate surface area is 195 Å². The summed E-state index contributed by atoms with van der Waals surface area (Å²) in [5.74, 6) is 1.17. The molecule has 1 aliphatic heterocycles. The molecule has 0 amide bonds. The summed E-state index contributed by atoms with van der Waals surface area (Å²) < 4.78 is 53.3. The number of halogens is 3. The summed E-state index contributed by atoms with van der Waals surface area (Å²) in [5, 5.41) is 7.05. The number of anilines is 1. The Hall–Kier alpha value is -3.49. The topological polar surface area (TPSA) is 65.4 Å². The first-order valence-electron chi connectivity index (χ1n) is 11.1. The number of carbonyl (C=O) groups excluding carboxylic acids is 1. The minimum Gasteiger partial charge on any atom is -0.497 e. The number of carbonyl (C=O) groups is 1. The van der Waals surface area contributed by atoms with E-state index in [-0.39, 0.29) is 36.1 Å². The zero-order valence-electron chi connectivity index (χ0n) is 18.9. The fourth-order valence-electron chi connectivity index (χ4n) is 4.09. The first kappa shape index (κ1) is 23.7. The monoisotopic (exact) mass is 473 g/mol. The summed E-state index contributed by atoms with van der Waals surface area (Å²) in [6.07, 6.45) is -3.22. The number of nitrogens with zero attached hydrogens (tertiary/aromatic N) is 2. The van der Waals surface area contributed by atoms with Crippen LogP contribution in [0.2, 0.25) is 0 Å². The number of nitrogens with one attached hydrogen (secondary N) is 1. The molecule has 34 heavy (non-hydrogen) atoms. The highest BCUT2D eigenvalue weighted by Crippen LogP contribution is 2.44. The SMILES string of the molecule is COc1ccc(OC(C)CCC(=O)c2cnn3c2N[C@@H](c2ccccc2)C[C@H]3C(F)(F)F)cc1. The molecule has 4 rings (SSSR count). The van der Waals surface area contributed by atoms with Gasteiger partial charge in [0.1, 0.15) is 17.3 Å². The van der Waals surface area contributed by atoms with Crippen molar-refractivity contribution in [3.05, 3.63) is 71.9 Å². The third kappa shape index (κ3) is 5.18. The van der Waals surface area contributed by atoms with E-state index in [9.17, 15) is 18.0 Å². The first-order valence-corrected chi connectivity index (χ1v) is 11.1. The molecule has 1 unspecified atom stereocenters. The van der Waals surface area contributed by atoms with Crippen LogP contribution >= 0.6 is 0 Å². The summed E-state index contributed by atoms with van der Waals surface area (Å²) in [6.45, 7) is 1.84. The van der Waals surface area contributed by atoms with Gasteiger partial charge in [-0.25, -0.2) is 4.68 Å². The molecule has 1 aromatic heterocycles. The summed E-state index contributed by atoms with van der Waals surface area (Å²) in [5.41, 5.74) is 0.885. The van der Waals surface area contributed by atoms with Crippen LogP contribution in [0.15, 0.2) is 60.8 Å². The van der Waals surface area contributed by atoms with Gasteiger partial charge < -0.3 is 14.8 Å². The number of aromatic nitrogens is 2. The molecule has 9 heteroatoms. The number of ether oxygens (including phenoxy) is 2. The number of hydrogen-bond donors (Lipinski definition) is 1. The Morgan fingerprint density at radius 2 is 1.82 bits per heavy atom. The highest BCUT2D eigenvalue weighted by Gasteiger charge is 2.47. The van der Waals surface area contributed by atoms with Gasteiger partial charge in [0, 0.05) is 12.8 Å². The standard InChI is InChI=1S/C25H26F3N3O3/c1-16(34-19-11-9-18(33-2)10-12-19)8-13-22(32)20-15-29-31-23(25(26,27)28)14-21(30-24(20)31)17-6-4-3-5-7-17/h3-7,9-12,15-16,21,23,30H,8,13-14H2,1-2H3/t16?,21-,23+/m1/s1. The smallest absolute Gasteiger partial charge is 0.410 e. The van der Waals surface area contributed by atoms with Crippen molar-refractivity contribution in [1.82, 2.24) is 9.78 Å². The maximum absolute atomic E-state index is 13.8. The molecule has 6 nitrogen and oxygen atoms in total. The van der Waals surface area contributed by atoms with E-state index in [1.807, 2.05) is 13.0 Å². The Balaban J connectivity index is 1.47. The van der Waals surface area contributed by atoms with Crippen LogP contribution < -0.4 is 14.8 Å². The van der Waals surface area contributed by atoms with E-state index in [2.05, 4.69) is 10.4 Å². The fourth-order valence-corrected chi connectivity index (χ4v) is 4.09. The second-order valence-corrected chi connectivity index (χ2v) is 8.32. The van der Waals surface area contributed by atoms with Crippen LogP contribution in [0.4, 0.5) is 19.0 Å². The number of Topliss-reactive ketones (excluding diaryl/α,β-unsaturated/α-hetero) is 1. The number of rotatable bonds is 8. The van der Waals surface area contributed by atoms with Gasteiger partial charge in [0.05, 0.1) is 31.0 Å². The second-order valence-electron chi connectivity index (χ2n) is 8.32. The fraction of sp³-hybridized carbons (Fsp3) is 0.360. The number of alkyl halides is 3.